The molecule has 0 radical (unpaired) electrons. The number of rotatable bonds is 6. The molecule has 3 aromatic rings. The van der Waals surface area contributed by atoms with Crippen LogP contribution in [0.1, 0.15) is 24.7 Å². The predicted molar refractivity (Wildman–Crippen MR) is 118 cm³/mol. The number of hydrogen-bond donors (Lipinski definition) is 3. The van der Waals surface area contributed by atoms with E-state index < -0.39 is 40.9 Å². The topological polar surface area (TPSA) is 130 Å². The van der Waals surface area contributed by atoms with Crippen LogP contribution in [0.25, 0.3) is 10.9 Å². The molecule has 0 saturated carbocycles. The van der Waals surface area contributed by atoms with Gasteiger partial charge in [-0.15, -0.1) is 0 Å². The van der Waals surface area contributed by atoms with Gasteiger partial charge in [0.2, 0.25) is 5.91 Å². The van der Waals surface area contributed by atoms with E-state index in [1.165, 1.54) is 25.1 Å². The lowest BCUT2D eigenvalue weighted by Gasteiger charge is -2.31. The van der Waals surface area contributed by atoms with Crippen LogP contribution in [0, 0.1) is 11.6 Å². The molecule has 1 saturated heterocycles. The van der Waals surface area contributed by atoms with Gasteiger partial charge in [0.1, 0.15) is 28.8 Å². The van der Waals surface area contributed by atoms with Gasteiger partial charge in [-0.2, -0.15) is 0 Å². The number of phenols is 1. The van der Waals surface area contributed by atoms with Crippen molar-refractivity contribution < 1.29 is 23.4 Å². The molecule has 0 aliphatic carbocycles. The monoisotopic (exact) mass is 475 g/mol. The third kappa shape index (κ3) is 4.68. The zero-order chi connectivity index (χ0) is 24.4. The summed E-state index contributed by atoms with van der Waals surface area (Å²) in [4.78, 5) is 47.6. The van der Waals surface area contributed by atoms with Gasteiger partial charge >= 0.3 is 5.69 Å². The van der Waals surface area contributed by atoms with Crippen LogP contribution in [-0.4, -0.2) is 63.3 Å². The SMILES string of the molecule is C[C@@H](NC(=O)[C@H](CN1CCOCC1)n1c(=O)[nH]c2cccc(O)c2c1=O)c1ncc(F)cc1F. The van der Waals surface area contributed by atoms with Crippen LogP contribution >= 0.6 is 0 Å². The molecule has 2 atom stereocenters. The molecule has 3 heterocycles. The zero-order valence-electron chi connectivity index (χ0n) is 18.3. The van der Waals surface area contributed by atoms with E-state index in [2.05, 4.69) is 15.3 Å². The molecule has 1 amide bonds. The maximum atomic E-state index is 14.2. The van der Waals surface area contributed by atoms with Crippen LogP contribution in [0.5, 0.6) is 5.75 Å². The first kappa shape index (κ1) is 23.5. The van der Waals surface area contributed by atoms with Gasteiger partial charge in [0.15, 0.2) is 0 Å². The van der Waals surface area contributed by atoms with E-state index in [-0.39, 0.29) is 28.9 Å². The first-order valence-corrected chi connectivity index (χ1v) is 10.6. The van der Waals surface area contributed by atoms with Gasteiger partial charge in [-0.05, 0) is 19.1 Å². The molecule has 1 fully saturated rings. The van der Waals surface area contributed by atoms with Gasteiger partial charge in [0.25, 0.3) is 5.56 Å². The highest BCUT2D eigenvalue weighted by Gasteiger charge is 2.30. The van der Waals surface area contributed by atoms with Crippen molar-refractivity contribution in [1.82, 2.24) is 24.8 Å². The number of hydrogen-bond acceptors (Lipinski definition) is 7. The van der Waals surface area contributed by atoms with Crippen LogP contribution < -0.4 is 16.6 Å². The highest BCUT2D eigenvalue weighted by atomic mass is 19.1. The van der Waals surface area contributed by atoms with Gasteiger partial charge < -0.3 is 20.1 Å². The van der Waals surface area contributed by atoms with Crippen molar-refractivity contribution >= 4 is 16.8 Å². The molecule has 0 unspecified atom stereocenters. The summed E-state index contributed by atoms with van der Waals surface area (Å²) < 4.78 is 33.5. The van der Waals surface area contributed by atoms with Gasteiger partial charge in [-0.3, -0.25) is 19.5 Å². The predicted octanol–water partition coefficient (Wildman–Crippen LogP) is 0.819. The molecule has 3 N–H and O–H groups in total. The number of amides is 1. The van der Waals surface area contributed by atoms with E-state index in [9.17, 15) is 28.3 Å². The van der Waals surface area contributed by atoms with Gasteiger partial charge in [-0.25, -0.2) is 18.1 Å². The van der Waals surface area contributed by atoms with Crippen molar-refractivity contribution in [2.24, 2.45) is 0 Å². The molecule has 4 rings (SSSR count). The highest BCUT2D eigenvalue weighted by molar-refractivity contribution is 5.85. The smallest absolute Gasteiger partial charge is 0.329 e. The van der Waals surface area contributed by atoms with E-state index in [0.29, 0.717) is 32.4 Å². The number of nitrogens with zero attached hydrogens (tertiary/aromatic N) is 3. The number of ether oxygens (including phenoxy) is 1. The Morgan fingerprint density at radius 2 is 2.03 bits per heavy atom. The van der Waals surface area contributed by atoms with Crippen molar-refractivity contribution in [3.8, 4) is 5.75 Å². The molecule has 2 aromatic heterocycles. The zero-order valence-corrected chi connectivity index (χ0v) is 18.3. The molecule has 1 aliphatic rings. The summed E-state index contributed by atoms with van der Waals surface area (Å²) in [7, 11) is 0. The number of benzene rings is 1. The molecule has 180 valence electrons. The number of aromatic hydroxyl groups is 1. The van der Waals surface area contributed by atoms with Crippen LogP contribution in [-0.2, 0) is 9.53 Å². The standard InChI is InChI=1S/C22H23F2N5O5/c1-12(19-14(24)9-13(23)10-25-19)26-20(31)16(11-28-5-7-34-8-6-28)29-21(32)18-15(27-22(29)33)3-2-4-17(18)30/h2-4,9-10,12,16,30H,5-8,11H2,1H3,(H,26,31)(H,27,33)/t12-,16+/m1/s1. The van der Waals surface area contributed by atoms with Crippen molar-refractivity contribution in [1.29, 1.82) is 0 Å². The van der Waals surface area contributed by atoms with Crippen molar-refractivity contribution in [3.05, 3.63) is 68.6 Å². The molecule has 1 aromatic carbocycles. The van der Waals surface area contributed by atoms with E-state index in [0.717, 1.165) is 10.8 Å². The summed E-state index contributed by atoms with van der Waals surface area (Å²) in [5, 5.41) is 12.6. The minimum atomic E-state index is -1.32. The lowest BCUT2D eigenvalue weighted by atomic mass is 10.1. The largest absolute Gasteiger partial charge is 0.507 e. The van der Waals surface area contributed by atoms with E-state index in [1.807, 2.05) is 4.90 Å². The van der Waals surface area contributed by atoms with E-state index >= 15 is 0 Å². The Kier molecular flexibility index (Phi) is 6.70. The fraction of sp³-hybridized carbons (Fsp3) is 0.364. The Bertz CT molecular complexity index is 1340. The number of pyridine rings is 1. The average Bonchev–Trinajstić information content (AvgIpc) is 2.78. The number of carbonyl (C=O) groups is 1. The fourth-order valence-electron chi connectivity index (χ4n) is 3.97. The maximum Gasteiger partial charge on any atom is 0.329 e. The van der Waals surface area contributed by atoms with E-state index in [1.54, 1.807) is 0 Å². The summed E-state index contributed by atoms with van der Waals surface area (Å²) in [5.41, 5.74) is -1.75. The minimum Gasteiger partial charge on any atom is -0.507 e. The van der Waals surface area contributed by atoms with Crippen molar-refractivity contribution in [3.63, 3.8) is 0 Å². The summed E-state index contributed by atoms with van der Waals surface area (Å²) >= 11 is 0. The van der Waals surface area contributed by atoms with Crippen LogP contribution in [0.2, 0.25) is 0 Å². The lowest BCUT2D eigenvalue weighted by Crippen LogP contribution is -2.51. The Morgan fingerprint density at radius 3 is 2.74 bits per heavy atom. The Morgan fingerprint density at radius 1 is 1.29 bits per heavy atom. The first-order valence-electron chi connectivity index (χ1n) is 10.6. The number of aromatic nitrogens is 3. The quantitative estimate of drug-likeness (QED) is 0.481. The second kappa shape index (κ2) is 9.69. The first-order chi connectivity index (χ1) is 16.3. The van der Waals surface area contributed by atoms with Crippen LogP contribution in [0.15, 0.2) is 40.1 Å². The molecular formula is C22H23F2N5O5. The van der Waals surface area contributed by atoms with Gasteiger partial charge in [-0.1, -0.05) is 6.07 Å². The molecule has 10 nitrogen and oxygen atoms in total. The number of phenolic OH excluding ortho intramolecular Hbond substituents is 1. The van der Waals surface area contributed by atoms with Crippen LogP contribution in [0.3, 0.4) is 0 Å². The third-order valence-corrected chi connectivity index (χ3v) is 5.69. The molecule has 0 bridgehead atoms. The highest BCUT2D eigenvalue weighted by Crippen LogP contribution is 2.20. The number of aromatic amines is 1. The summed E-state index contributed by atoms with van der Waals surface area (Å²) in [6, 6.07) is 2.59. The second-order valence-electron chi connectivity index (χ2n) is 7.98. The third-order valence-electron chi connectivity index (χ3n) is 5.69. The number of halogens is 2. The lowest BCUT2D eigenvalue weighted by molar-refractivity contribution is -0.126. The number of morpholine rings is 1. The number of nitrogens with one attached hydrogen (secondary N) is 2. The Hall–Kier alpha value is -3.64. The number of carbonyl (C=O) groups excluding carboxylic acids is 1. The van der Waals surface area contributed by atoms with Gasteiger partial charge in [0.05, 0.1) is 36.7 Å². The van der Waals surface area contributed by atoms with Gasteiger partial charge in [0, 0.05) is 25.7 Å². The Balaban J connectivity index is 1.74. The molecule has 0 spiro atoms. The normalized spacial score (nSPS) is 16.3. The average molecular weight is 475 g/mol. The fourth-order valence-corrected chi connectivity index (χ4v) is 3.97. The van der Waals surface area contributed by atoms with Crippen molar-refractivity contribution in [2.45, 2.75) is 19.0 Å². The van der Waals surface area contributed by atoms with Crippen molar-refractivity contribution in [2.75, 3.05) is 32.8 Å². The molecule has 12 heteroatoms. The summed E-state index contributed by atoms with van der Waals surface area (Å²) in [6.45, 7) is 3.21. The Labute approximate surface area is 191 Å². The van der Waals surface area contributed by atoms with E-state index in [4.69, 9.17) is 4.74 Å². The molecule has 1 aliphatic heterocycles. The molecular weight excluding hydrogens is 452 g/mol. The number of fused-ring (bicyclic) bond motifs is 1. The minimum absolute atomic E-state index is 0.0106. The van der Waals surface area contributed by atoms with Crippen LogP contribution in [0.4, 0.5) is 8.78 Å². The number of H-pyrrole nitrogens is 1. The second-order valence-corrected chi connectivity index (χ2v) is 7.98. The summed E-state index contributed by atoms with van der Waals surface area (Å²) in [6.07, 6.45) is 0.827. The molecule has 34 heavy (non-hydrogen) atoms. The maximum absolute atomic E-state index is 14.2. The summed E-state index contributed by atoms with van der Waals surface area (Å²) in [5.74, 6) is -2.89.